The van der Waals surface area contributed by atoms with E-state index in [2.05, 4.69) is 26.0 Å². The van der Waals surface area contributed by atoms with Gasteiger partial charge < -0.3 is 5.32 Å². The highest BCUT2D eigenvalue weighted by Crippen LogP contribution is 2.15. The van der Waals surface area contributed by atoms with Gasteiger partial charge in [0.2, 0.25) is 10.0 Å². The van der Waals surface area contributed by atoms with E-state index in [4.69, 9.17) is 0 Å². The quantitative estimate of drug-likeness (QED) is 0.770. The molecule has 0 fully saturated rings. The Hall–Kier alpha value is -1.37. The lowest BCUT2D eigenvalue weighted by Gasteiger charge is -2.09. The zero-order valence-corrected chi connectivity index (χ0v) is 14.0. The molecule has 2 N–H and O–H groups in total. The molecular weight excluding hydrogens is 352 g/mol. The molecule has 2 rings (SSSR count). The van der Waals surface area contributed by atoms with Crippen LogP contribution in [0.1, 0.15) is 5.56 Å². The first-order valence-electron chi connectivity index (χ1n) is 6.53. The summed E-state index contributed by atoms with van der Waals surface area (Å²) in [6, 6.07) is 14.5. The molecule has 4 nitrogen and oxygen atoms in total. The Kier molecular flexibility index (Phi) is 5.39. The predicted octanol–water partition coefficient (Wildman–Crippen LogP) is 3.15. The van der Waals surface area contributed by atoms with Crippen molar-refractivity contribution < 1.29 is 8.42 Å². The van der Waals surface area contributed by atoms with Crippen molar-refractivity contribution >= 4 is 31.6 Å². The zero-order valence-electron chi connectivity index (χ0n) is 11.6. The summed E-state index contributed by atoms with van der Waals surface area (Å²) in [5, 5.41) is 3.16. The SMILES string of the molecule is Cc1ccc(S(=O)(=O)NCCNc2cccc(Br)c2)cc1. The summed E-state index contributed by atoms with van der Waals surface area (Å²) in [6.07, 6.45) is 0. The van der Waals surface area contributed by atoms with Gasteiger partial charge in [-0.2, -0.15) is 0 Å². The fourth-order valence-electron chi connectivity index (χ4n) is 1.79. The standard InChI is InChI=1S/C15H17BrN2O2S/c1-12-5-7-15(8-6-12)21(19,20)18-10-9-17-14-4-2-3-13(16)11-14/h2-8,11,17-18H,9-10H2,1H3. The molecular formula is C15H17BrN2O2S. The molecule has 0 aliphatic carbocycles. The summed E-state index contributed by atoms with van der Waals surface area (Å²) < 4.78 is 27.7. The van der Waals surface area contributed by atoms with Crippen LogP contribution in [0.2, 0.25) is 0 Å². The largest absolute Gasteiger partial charge is 0.384 e. The minimum absolute atomic E-state index is 0.288. The van der Waals surface area contributed by atoms with Crippen molar-refractivity contribution in [2.45, 2.75) is 11.8 Å². The number of hydrogen-bond donors (Lipinski definition) is 2. The molecule has 0 heterocycles. The molecule has 2 aromatic carbocycles. The molecule has 0 saturated carbocycles. The number of aryl methyl sites for hydroxylation is 1. The van der Waals surface area contributed by atoms with Crippen LogP contribution in [-0.2, 0) is 10.0 Å². The third-order valence-electron chi connectivity index (χ3n) is 2.90. The second-order valence-corrected chi connectivity index (χ2v) is 7.33. The lowest BCUT2D eigenvalue weighted by Crippen LogP contribution is -2.28. The highest BCUT2D eigenvalue weighted by Gasteiger charge is 2.12. The Morgan fingerprint density at radius 2 is 1.76 bits per heavy atom. The molecule has 0 amide bonds. The normalized spacial score (nSPS) is 11.3. The topological polar surface area (TPSA) is 58.2 Å². The minimum atomic E-state index is -3.44. The van der Waals surface area contributed by atoms with Crippen LogP contribution in [-0.4, -0.2) is 21.5 Å². The monoisotopic (exact) mass is 368 g/mol. The maximum Gasteiger partial charge on any atom is 0.240 e. The molecule has 0 aromatic heterocycles. The lowest BCUT2D eigenvalue weighted by atomic mass is 10.2. The second-order valence-electron chi connectivity index (χ2n) is 4.65. The lowest BCUT2D eigenvalue weighted by molar-refractivity contribution is 0.583. The molecule has 0 atom stereocenters. The summed E-state index contributed by atoms with van der Waals surface area (Å²) in [5.41, 5.74) is 1.98. The van der Waals surface area contributed by atoms with Crippen LogP contribution in [0.3, 0.4) is 0 Å². The van der Waals surface area contributed by atoms with Crippen LogP contribution >= 0.6 is 15.9 Å². The Labute approximate surface area is 133 Å². The van der Waals surface area contributed by atoms with Crippen LogP contribution < -0.4 is 10.0 Å². The van der Waals surface area contributed by atoms with Crippen molar-refractivity contribution in [3.8, 4) is 0 Å². The van der Waals surface area contributed by atoms with Crippen molar-refractivity contribution in [1.82, 2.24) is 4.72 Å². The molecule has 0 unspecified atom stereocenters. The smallest absolute Gasteiger partial charge is 0.240 e. The fourth-order valence-corrected chi connectivity index (χ4v) is 3.22. The number of benzene rings is 2. The van der Waals surface area contributed by atoms with Crippen molar-refractivity contribution in [2.24, 2.45) is 0 Å². The Morgan fingerprint density at radius 3 is 2.43 bits per heavy atom. The average molecular weight is 369 g/mol. The summed E-state index contributed by atoms with van der Waals surface area (Å²) >= 11 is 3.39. The van der Waals surface area contributed by atoms with Gasteiger partial charge in [0, 0.05) is 23.2 Å². The summed E-state index contributed by atoms with van der Waals surface area (Å²) in [7, 11) is -3.44. The van der Waals surface area contributed by atoms with Crippen LogP contribution in [0, 0.1) is 6.92 Å². The highest BCUT2D eigenvalue weighted by atomic mass is 79.9. The molecule has 112 valence electrons. The van der Waals surface area contributed by atoms with Crippen molar-refractivity contribution in [3.05, 3.63) is 58.6 Å². The summed E-state index contributed by atoms with van der Waals surface area (Å²) in [6.45, 7) is 2.76. The first-order valence-corrected chi connectivity index (χ1v) is 8.81. The van der Waals surface area contributed by atoms with Gasteiger partial charge in [0.25, 0.3) is 0 Å². The molecule has 0 aliphatic heterocycles. The van der Waals surface area contributed by atoms with E-state index in [9.17, 15) is 8.42 Å². The molecule has 0 aliphatic rings. The molecule has 0 bridgehead atoms. The van der Waals surface area contributed by atoms with E-state index < -0.39 is 10.0 Å². The van der Waals surface area contributed by atoms with Gasteiger partial charge in [-0.3, -0.25) is 0 Å². The molecule has 6 heteroatoms. The van der Waals surface area contributed by atoms with Crippen molar-refractivity contribution in [1.29, 1.82) is 0 Å². The van der Waals surface area contributed by atoms with E-state index in [0.29, 0.717) is 13.1 Å². The van der Waals surface area contributed by atoms with Gasteiger partial charge in [-0.05, 0) is 37.3 Å². The number of rotatable bonds is 6. The van der Waals surface area contributed by atoms with E-state index in [0.717, 1.165) is 15.7 Å². The number of nitrogens with one attached hydrogen (secondary N) is 2. The van der Waals surface area contributed by atoms with Crippen LogP contribution in [0.15, 0.2) is 57.9 Å². The van der Waals surface area contributed by atoms with Crippen LogP contribution in [0.25, 0.3) is 0 Å². The first-order chi connectivity index (χ1) is 9.97. The second kappa shape index (κ2) is 7.06. The number of hydrogen-bond acceptors (Lipinski definition) is 3. The molecule has 21 heavy (non-hydrogen) atoms. The third kappa shape index (κ3) is 4.84. The first kappa shape index (κ1) is 16.0. The predicted molar refractivity (Wildman–Crippen MR) is 89.0 cm³/mol. The zero-order chi connectivity index (χ0) is 15.3. The third-order valence-corrected chi connectivity index (χ3v) is 4.87. The summed E-state index contributed by atoms with van der Waals surface area (Å²) in [5.74, 6) is 0. The molecule has 0 spiro atoms. The maximum absolute atomic E-state index is 12.1. The number of halogens is 1. The molecule has 2 aromatic rings. The van der Waals surface area contributed by atoms with Crippen molar-refractivity contribution in [3.63, 3.8) is 0 Å². The van der Waals surface area contributed by atoms with Gasteiger partial charge in [0.15, 0.2) is 0 Å². The van der Waals surface area contributed by atoms with Gasteiger partial charge in [0.1, 0.15) is 0 Å². The Bertz CT molecular complexity index is 700. The van der Waals surface area contributed by atoms with Gasteiger partial charge >= 0.3 is 0 Å². The van der Waals surface area contributed by atoms with Crippen LogP contribution in [0.5, 0.6) is 0 Å². The van der Waals surface area contributed by atoms with Gasteiger partial charge in [-0.15, -0.1) is 0 Å². The molecule has 0 radical (unpaired) electrons. The van der Waals surface area contributed by atoms with Gasteiger partial charge in [0.05, 0.1) is 4.90 Å². The fraction of sp³-hybridized carbons (Fsp3) is 0.200. The maximum atomic E-state index is 12.1. The number of anilines is 1. The van der Waals surface area contributed by atoms with E-state index in [1.54, 1.807) is 24.3 Å². The average Bonchev–Trinajstić information content (AvgIpc) is 2.44. The van der Waals surface area contributed by atoms with Gasteiger partial charge in [-0.1, -0.05) is 39.7 Å². The van der Waals surface area contributed by atoms with Crippen molar-refractivity contribution in [2.75, 3.05) is 18.4 Å². The minimum Gasteiger partial charge on any atom is -0.384 e. The highest BCUT2D eigenvalue weighted by molar-refractivity contribution is 9.10. The van der Waals surface area contributed by atoms with E-state index in [-0.39, 0.29) is 4.90 Å². The number of sulfonamides is 1. The van der Waals surface area contributed by atoms with E-state index in [1.165, 1.54) is 0 Å². The Morgan fingerprint density at radius 1 is 1.05 bits per heavy atom. The Balaban J connectivity index is 1.86. The summed E-state index contributed by atoms with van der Waals surface area (Å²) in [4.78, 5) is 0.288. The van der Waals surface area contributed by atoms with E-state index >= 15 is 0 Å². The van der Waals surface area contributed by atoms with Crippen LogP contribution in [0.4, 0.5) is 5.69 Å². The van der Waals surface area contributed by atoms with Gasteiger partial charge in [-0.25, -0.2) is 13.1 Å². The molecule has 0 saturated heterocycles. The van der Waals surface area contributed by atoms with E-state index in [1.807, 2.05) is 31.2 Å².